The van der Waals surface area contributed by atoms with Crippen LogP contribution in [0.5, 0.6) is 0 Å². The lowest BCUT2D eigenvalue weighted by molar-refractivity contribution is -0.163. The van der Waals surface area contributed by atoms with E-state index in [1.807, 2.05) is 24.3 Å². The third-order valence-electron chi connectivity index (χ3n) is 3.15. The van der Waals surface area contributed by atoms with Gasteiger partial charge in [0.15, 0.2) is 0 Å². The summed E-state index contributed by atoms with van der Waals surface area (Å²) in [6.07, 6.45) is 0.310. The second-order valence-corrected chi connectivity index (χ2v) is 5.92. The van der Waals surface area contributed by atoms with Crippen molar-refractivity contribution < 1.29 is 15.0 Å². The topological polar surface area (TPSA) is 95.6 Å². The molecule has 0 radical (unpaired) electrons. The van der Waals surface area contributed by atoms with E-state index in [0.29, 0.717) is 13.0 Å². The molecule has 0 aromatic heterocycles. The van der Waals surface area contributed by atoms with Gasteiger partial charge in [0, 0.05) is 16.6 Å². The summed E-state index contributed by atoms with van der Waals surface area (Å²) in [5, 5.41) is 21.3. The highest BCUT2D eigenvalue weighted by atomic mass is 79.9. The minimum Gasteiger partial charge on any atom is -0.352 e. The fourth-order valence-corrected chi connectivity index (χ4v) is 2.18. The van der Waals surface area contributed by atoms with Gasteiger partial charge in [-0.25, -0.2) is 0 Å². The zero-order valence-corrected chi connectivity index (χ0v) is 13.4. The minimum absolute atomic E-state index is 0.0797. The Hall–Kier alpha value is -1.73. The Labute approximate surface area is 136 Å². The molecule has 0 aliphatic rings. The average molecular weight is 365 g/mol. The molecule has 0 saturated heterocycles. The number of aliphatic hydroxyl groups is 2. The molecule has 0 saturated carbocycles. The molecular weight excluding hydrogens is 348 g/mol. The van der Waals surface area contributed by atoms with E-state index in [2.05, 4.69) is 21.2 Å². The summed E-state index contributed by atoms with van der Waals surface area (Å²) < 4.78 is 0.973. The van der Waals surface area contributed by atoms with Crippen molar-refractivity contribution in [1.82, 2.24) is 5.32 Å². The maximum atomic E-state index is 11.9. The minimum atomic E-state index is -2.34. The first kappa shape index (κ1) is 16.6. The second kappa shape index (κ2) is 7.02. The number of hydrogen-bond donors (Lipinski definition) is 4. The summed E-state index contributed by atoms with van der Waals surface area (Å²) in [6, 6.07) is 14.0. The van der Waals surface area contributed by atoms with Gasteiger partial charge in [-0.05, 0) is 23.3 Å². The second-order valence-electron chi connectivity index (χ2n) is 5.00. The molecule has 2 rings (SSSR count). The maximum Gasteiger partial charge on any atom is 0.248 e. The molecule has 0 aliphatic heterocycles. The summed E-state index contributed by atoms with van der Waals surface area (Å²) >= 11 is 3.35. The quantitative estimate of drug-likeness (QED) is 0.602. The van der Waals surface area contributed by atoms with Crippen molar-refractivity contribution in [2.24, 2.45) is 5.73 Å². The first-order valence-electron chi connectivity index (χ1n) is 6.69. The number of nitrogens with two attached hydrogens (primary N) is 1. The number of halogens is 1. The van der Waals surface area contributed by atoms with Crippen molar-refractivity contribution in [2.45, 2.75) is 18.9 Å². The molecule has 2 aromatic carbocycles. The van der Waals surface area contributed by atoms with Crippen LogP contribution in [0.25, 0.3) is 0 Å². The largest absolute Gasteiger partial charge is 0.352 e. The molecule has 5 nitrogen and oxygen atoms in total. The van der Waals surface area contributed by atoms with Gasteiger partial charge in [-0.1, -0.05) is 52.3 Å². The number of benzene rings is 2. The Morgan fingerprint density at radius 2 is 1.59 bits per heavy atom. The van der Waals surface area contributed by atoms with Gasteiger partial charge in [0.25, 0.3) is 0 Å². The van der Waals surface area contributed by atoms with Crippen molar-refractivity contribution in [3.63, 3.8) is 0 Å². The molecule has 5 N–H and O–H groups in total. The molecule has 116 valence electrons. The smallest absolute Gasteiger partial charge is 0.248 e. The zero-order valence-electron chi connectivity index (χ0n) is 11.8. The Morgan fingerprint density at radius 1 is 1.05 bits per heavy atom. The van der Waals surface area contributed by atoms with Crippen LogP contribution in [0.1, 0.15) is 16.7 Å². The number of carbonyl (C=O) groups excluding carboxylic acids is 1. The molecule has 0 unspecified atom stereocenters. The van der Waals surface area contributed by atoms with Gasteiger partial charge in [0.05, 0.1) is 6.42 Å². The molecule has 2 aromatic rings. The average Bonchev–Trinajstić information content (AvgIpc) is 2.47. The summed E-state index contributed by atoms with van der Waals surface area (Å²) in [7, 11) is 0. The SMILES string of the molecule is NC(O)(O)c1ccc(CNC(=O)Cc2ccc(Br)cc2)cc1. The number of amides is 1. The Kier molecular flexibility index (Phi) is 5.31. The van der Waals surface area contributed by atoms with Crippen LogP contribution in [0.4, 0.5) is 0 Å². The van der Waals surface area contributed by atoms with E-state index < -0.39 is 5.91 Å². The molecule has 1 amide bonds. The molecule has 0 bridgehead atoms. The number of rotatable bonds is 5. The summed E-state index contributed by atoms with van der Waals surface area (Å²) in [5.74, 6) is -2.42. The van der Waals surface area contributed by atoms with E-state index in [4.69, 9.17) is 5.73 Å². The van der Waals surface area contributed by atoms with Crippen LogP contribution in [0.3, 0.4) is 0 Å². The van der Waals surface area contributed by atoms with Gasteiger partial charge in [-0.15, -0.1) is 0 Å². The fraction of sp³-hybridized carbons (Fsp3) is 0.188. The molecular formula is C16H17BrN2O3. The first-order valence-corrected chi connectivity index (χ1v) is 7.48. The highest BCUT2D eigenvalue weighted by Gasteiger charge is 2.18. The van der Waals surface area contributed by atoms with Crippen molar-refractivity contribution in [3.8, 4) is 0 Å². The third kappa shape index (κ3) is 4.92. The molecule has 6 heteroatoms. The summed E-state index contributed by atoms with van der Waals surface area (Å²) in [4.78, 5) is 11.9. The Bertz CT molecular complexity index is 634. The number of nitrogens with one attached hydrogen (secondary N) is 1. The van der Waals surface area contributed by atoms with Crippen LogP contribution < -0.4 is 11.1 Å². The lowest BCUT2D eigenvalue weighted by Gasteiger charge is -2.16. The number of carbonyl (C=O) groups is 1. The predicted octanol–water partition coefficient (Wildman–Crippen LogP) is 1.36. The van der Waals surface area contributed by atoms with Gasteiger partial charge in [0.2, 0.25) is 11.8 Å². The lowest BCUT2D eigenvalue weighted by Crippen LogP contribution is -2.35. The maximum absolute atomic E-state index is 11.9. The highest BCUT2D eigenvalue weighted by molar-refractivity contribution is 9.10. The standard InChI is InChI=1S/C16H17BrN2O3/c17-14-7-3-11(4-8-14)9-15(20)19-10-12-1-5-13(6-2-12)16(18,21)22/h1-8,21-22H,9-10,18H2,(H,19,20). The van der Waals surface area contributed by atoms with Gasteiger partial charge in [-0.3, -0.25) is 10.5 Å². The Balaban J connectivity index is 1.87. The summed E-state index contributed by atoms with van der Waals surface area (Å²) in [6.45, 7) is 0.365. The molecule has 0 heterocycles. The first-order chi connectivity index (χ1) is 10.3. The van der Waals surface area contributed by atoms with Gasteiger partial charge >= 0.3 is 0 Å². The summed E-state index contributed by atoms with van der Waals surface area (Å²) in [5.41, 5.74) is 7.13. The molecule has 0 fully saturated rings. The monoisotopic (exact) mass is 364 g/mol. The molecule has 0 atom stereocenters. The van der Waals surface area contributed by atoms with E-state index in [0.717, 1.165) is 15.6 Å². The van der Waals surface area contributed by atoms with Crippen LogP contribution in [0.2, 0.25) is 0 Å². The van der Waals surface area contributed by atoms with Crippen molar-refractivity contribution >= 4 is 21.8 Å². The normalized spacial score (nSPS) is 11.3. The van der Waals surface area contributed by atoms with E-state index in [9.17, 15) is 15.0 Å². The zero-order chi connectivity index (χ0) is 16.2. The Morgan fingerprint density at radius 3 is 2.14 bits per heavy atom. The van der Waals surface area contributed by atoms with Crippen molar-refractivity contribution in [2.75, 3.05) is 0 Å². The van der Waals surface area contributed by atoms with Crippen LogP contribution in [-0.4, -0.2) is 16.1 Å². The van der Waals surface area contributed by atoms with Gasteiger partial charge < -0.3 is 15.5 Å². The molecule has 0 spiro atoms. The van der Waals surface area contributed by atoms with Crippen LogP contribution in [-0.2, 0) is 23.7 Å². The number of hydrogen-bond acceptors (Lipinski definition) is 4. The van der Waals surface area contributed by atoms with E-state index in [1.165, 1.54) is 12.1 Å². The molecule has 22 heavy (non-hydrogen) atoms. The predicted molar refractivity (Wildman–Crippen MR) is 86.4 cm³/mol. The van der Waals surface area contributed by atoms with Crippen molar-refractivity contribution in [1.29, 1.82) is 0 Å². The van der Waals surface area contributed by atoms with Gasteiger partial charge in [-0.2, -0.15) is 0 Å². The van der Waals surface area contributed by atoms with Crippen molar-refractivity contribution in [3.05, 3.63) is 69.7 Å². The third-order valence-corrected chi connectivity index (χ3v) is 3.68. The van der Waals surface area contributed by atoms with Crippen LogP contribution in [0, 0.1) is 0 Å². The molecule has 0 aliphatic carbocycles. The van der Waals surface area contributed by atoms with Crippen LogP contribution in [0.15, 0.2) is 53.0 Å². The highest BCUT2D eigenvalue weighted by Crippen LogP contribution is 2.13. The van der Waals surface area contributed by atoms with E-state index in [-0.39, 0.29) is 11.5 Å². The van der Waals surface area contributed by atoms with Gasteiger partial charge in [0.1, 0.15) is 0 Å². The van der Waals surface area contributed by atoms with Crippen LogP contribution >= 0.6 is 15.9 Å². The fourth-order valence-electron chi connectivity index (χ4n) is 1.92. The lowest BCUT2D eigenvalue weighted by atomic mass is 10.1. The van der Waals surface area contributed by atoms with E-state index >= 15 is 0 Å². The van der Waals surface area contributed by atoms with E-state index in [1.54, 1.807) is 12.1 Å².